The Morgan fingerprint density at radius 1 is 1.03 bits per heavy atom. The van der Waals surface area contributed by atoms with E-state index < -0.39 is 0 Å². The Hall–Kier alpha value is -3.48. The number of esters is 1. The third-order valence-electron chi connectivity index (χ3n) is 6.96. The van der Waals surface area contributed by atoms with E-state index in [2.05, 4.69) is 22.9 Å². The Bertz CT molecular complexity index is 1190. The van der Waals surface area contributed by atoms with Crippen molar-refractivity contribution < 1.29 is 23.8 Å². The number of amides is 1. The molecule has 1 aliphatic rings. The number of hydrogen-bond donors (Lipinski definition) is 0. The van der Waals surface area contributed by atoms with Gasteiger partial charge >= 0.3 is 5.97 Å². The summed E-state index contributed by atoms with van der Waals surface area (Å²) >= 11 is 0. The Labute approximate surface area is 206 Å². The number of piperidine rings is 1. The highest BCUT2D eigenvalue weighted by Gasteiger charge is 2.31. The average Bonchev–Trinajstić information content (AvgIpc) is 3.23. The first-order valence-electron chi connectivity index (χ1n) is 12.2. The lowest BCUT2D eigenvalue weighted by atomic mass is 9.87. The minimum Gasteiger partial charge on any atom is -0.493 e. The topological polar surface area (TPSA) is 70.0 Å². The number of hydrogen-bond acceptors (Lipinski definition) is 5. The Morgan fingerprint density at radius 3 is 2.43 bits per heavy atom. The molecule has 1 atom stereocenters. The molecule has 0 unspecified atom stereocenters. The molecule has 0 aliphatic carbocycles. The summed E-state index contributed by atoms with van der Waals surface area (Å²) in [5.74, 6) is 0.937. The number of carbonyl (C=O) groups excluding carboxylic acids is 2. The molecule has 2 heterocycles. The fourth-order valence-electron chi connectivity index (χ4n) is 5.06. The number of nitrogens with zero attached hydrogens (tertiary/aromatic N) is 2. The first-order valence-corrected chi connectivity index (χ1v) is 12.2. The zero-order valence-corrected chi connectivity index (χ0v) is 21.0. The highest BCUT2D eigenvalue weighted by Crippen LogP contribution is 2.38. The number of rotatable bonds is 8. The number of aryl methyl sites for hydroxylation is 1. The van der Waals surface area contributed by atoms with Gasteiger partial charge in [0.25, 0.3) is 0 Å². The molecule has 0 radical (unpaired) electrons. The Kier molecular flexibility index (Phi) is 7.63. The maximum Gasteiger partial charge on any atom is 0.309 e. The van der Waals surface area contributed by atoms with Gasteiger partial charge in [0.15, 0.2) is 11.5 Å². The van der Waals surface area contributed by atoms with Gasteiger partial charge in [0, 0.05) is 49.6 Å². The second-order valence-electron chi connectivity index (χ2n) is 8.99. The lowest BCUT2D eigenvalue weighted by Crippen LogP contribution is -2.41. The average molecular weight is 479 g/mol. The number of benzene rings is 2. The van der Waals surface area contributed by atoms with Gasteiger partial charge in [0.05, 0.1) is 26.7 Å². The third kappa shape index (κ3) is 5.14. The van der Waals surface area contributed by atoms with Crippen molar-refractivity contribution >= 4 is 22.8 Å². The highest BCUT2D eigenvalue weighted by atomic mass is 16.5. The fraction of sp³-hybridized carbons (Fsp3) is 0.429. The summed E-state index contributed by atoms with van der Waals surface area (Å²) in [6.07, 6.45) is 3.72. The summed E-state index contributed by atoms with van der Waals surface area (Å²) in [6, 6.07) is 14.1. The van der Waals surface area contributed by atoms with Crippen LogP contribution in [-0.4, -0.2) is 55.3 Å². The number of ether oxygens (including phenoxy) is 3. The van der Waals surface area contributed by atoms with Crippen molar-refractivity contribution in [1.29, 1.82) is 0 Å². The summed E-state index contributed by atoms with van der Waals surface area (Å²) in [5, 5.41) is 1.13. The smallest absolute Gasteiger partial charge is 0.309 e. The fourth-order valence-corrected chi connectivity index (χ4v) is 5.06. The molecule has 0 saturated carbocycles. The summed E-state index contributed by atoms with van der Waals surface area (Å²) in [6.45, 7) is 3.33. The molecule has 1 aliphatic heterocycles. The Morgan fingerprint density at radius 2 is 1.74 bits per heavy atom. The van der Waals surface area contributed by atoms with Crippen molar-refractivity contribution in [3.63, 3.8) is 0 Å². The summed E-state index contributed by atoms with van der Waals surface area (Å²) < 4.78 is 18.3. The number of aromatic nitrogens is 1. The number of para-hydroxylation sites is 1. The normalized spacial score (nSPS) is 15.1. The highest BCUT2D eigenvalue weighted by molar-refractivity contribution is 5.87. The van der Waals surface area contributed by atoms with E-state index in [1.54, 1.807) is 14.2 Å². The van der Waals surface area contributed by atoms with Crippen LogP contribution in [0.25, 0.3) is 10.9 Å². The number of fused-ring (bicyclic) bond motifs is 1. The van der Waals surface area contributed by atoms with Crippen LogP contribution in [0.2, 0.25) is 0 Å². The molecule has 4 rings (SSSR count). The van der Waals surface area contributed by atoms with Crippen LogP contribution in [0.3, 0.4) is 0 Å². The molecule has 1 saturated heterocycles. The molecule has 0 N–H and O–H groups in total. The van der Waals surface area contributed by atoms with Crippen molar-refractivity contribution in [1.82, 2.24) is 9.47 Å². The van der Waals surface area contributed by atoms with E-state index in [4.69, 9.17) is 14.2 Å². The molecule has 35 heavy (non-hydrogen) atoms. The largest absolute Gasteiger partial charge is 0.493 e. The second-order valence-corrected chi connectivity index (χ2v) is 8.99. The van der Waals surface area contributed by atoms with E-state index in [0.717, 1.165) is 22.0 Å². The summed E-state index contributed by atoms with van der Waals surface area (Å²) in [5.41, 5.74) is 3.22. The maximum absolute atomic E-state index is 13.5. The molecule has 1 aromatic heterocycles. The molecule has 1 amide bonds. The third-order valence-corrected chi connectivity index (χ3v) is 6.96. The maximum atomic E-state index is 13.5. The van der Waals surface area contributed by atoms with Crippen LogP contribution in [0.15, 0.2) is 48.7 Å². The van der Waals surface area contributed by atoms with Crippen LogP contribution in [0.5, 0.6) is 11.5 Å². The van der Waals surface area contributed by atoms with Gasteiger partial charge in [-0.3, -0.25) is 9.59 Å². The first-order chi connectivity index (χ1) is 17.0. The molecular formula is C28H34N2O5. The van der Waals surface area contributed by atoms with Gasteiger partial charge in [0.2, 0.25) is 5.91 Å². The summed E-state index contributed by atoms with van der Waals surface area (Å²) in [4.78, 5) is 27.5. The van der Waals surface area contributed by atoms with E-state index in [9.17, 15) is 9.59 Å². The van der Waals surface area contributed by atoms with E-state index in [1.165, 1.54) is 0 Å². The van der Waals surface area contributed by atoms with E-state index in [-0.39, 0.29) is 23.7 Å². The second kappa shape index (κ2) is 10.8. The number of likely N-dealkylation sites (tertiary alicyclic amines) is 1. The van der Waals surface area contributed by atoms with Gasteiger partial charge in [-0.2, -0.15) is 0 Å². The molecule has 0 spiro atoms. The SMILES string of the molecule is CCOC(=O)C1CCN(C(=O)C[C@@H](c2ccc(OC)c(OC)c2)c2cn(C)c3ccccc23)CC1. The van der Waals surface area contributed by atoms with Gasteiger partial charge in [-0.25, -0.2) is 0 Å². The minimum absolute atomic E-state index is 0.0834. The number of methoxy groups -OCH3 is 2. The van der Waals surface area contributed by atoms with Gasteiger partial charge in [-0.15, -0.1) is 0 Å². The lowest BCUT2D eigenvalue weighted by Gasteiger charge is -2.32. The van der Waals surface area contributed by atoms with Gasteiger partial charge in [-0.05, 0) is 49.1 Å². The molecule has 186 valence electrons. The standard InChI is InChI=1S/C28H34N2O5/c1-5-35-28(32)19-12-14-30(15-13-19)27(31)17-22(20-10-11-25(33-3)26(16-20)34-4)23-18-29(2)24-9-7-6-8-21(23)24/h6-11,16,18-19,22H,5,12-15,17H2,1-4H3/t22-/m0/s1. The van der Waals surface area contributed by atoms with Crippen molar-refractivity contribution in [2.45, 2.75) is 32.1 Å². The zero-order chi connectivity index (χ0) is 24.9. The molecule has 0 bridgehead atoms. The van der Waals surface area contributed by atoms with Gasteiger partial charge in [0.1, 0.15) is 0 Å². The van der Waals surface area contributed by atoms with Crippen molar-refractivity contribution in [2.75, 3.05) is 33.9 Å². The van der Waals surface area contributed by atoms with E-state index in [1.807, 2.05) is 49.2 Å². The molecule has 2 aromatic carbocycles. The Balaban J connectivity index is 1.63. The number of carbonyl (C=O) groups is 2. The van der Waals surface area contributed by atoms with Crippen molar-refractivity contribution in [3.05, 3.63) is 59.8 Å². The van der Waals surface area contributed by atoms with Crippen LogP contribution < -0.4 is 9.47 Å². The zero-order valence-electron chi connectivity index (χ0n) is 21.0. The van der Waals surface area contributed by atoms with Gasteiger partial charge < -0.3 is 23.7 Å². The molecule has 7 nitrogen and oxygen atoms in total. The molecule has 3 aromatic rings. The van der Waals surface area contributed by atoms with Crippen LogP contribution in [0, 0.1) is 5.92 Å². The van der Waals surface area contributed by atoms with Crippen LogP contribution in [0.4, 0.5) is 0 Å². The minimum atomic E-state index is -0.156. The molecular weight excluding hydrogens is 444 g/mol. The molecule has 1 fully saturated rings. The van der Waals surface area contributed by atoms with Crippen LogP contribution >= 0.6 is 0 Å². The van der Waals surface area contributed by atoms with Crippen molar-refractivity contribution in [3.8, 4) is 11.5 Å². The summed E-state index contributed by atoms with van der Waals surface area (Å²) in [7, 11) is 5.26. The van der Waals surface area contributed by atoms with Crippen molar-refractivity contribution in [2.24, 2.45) is 13.0 Å². The predicted octanol–water partition coefficient (Wildman–Crippen LogP) is 4.52. The molecule has 7 heteroatoms. The van der Waals surface area contributed by atoms with E-state index >= 15 is 0 Å². The predicted molar refractivity (Wildman–Crippen MR) is 135 cm³/mol. The first kappa shape index (κ1) is 24.6. The lowest BCUT2D eigenvalue weighted by molar-refractivity contribution is -0.151. The van der Waals surface area contributed by atoms with Crippen LogP contribution in [-0.2, 0) is 21.4 Å². The monoisotopic (exact) mass is 478 g/mol. The van der Waals surface area contributed by atoms with Gasteiger partial charge in [-0.1, -0.05) is 24.3 Å². The van der Waals surface area contributed by atoms with E-state index in [0.29, 0.717) is 50.5 Å². The van der Waals surface area contributed by atoms with Crippen LogP contribution in [0.1, 0.15) is 43.2 Å². The quantitative estimate of drug-likeness (QED) is 0.445.